The van der Waals surface area contributed by atoms with Crippen LogP contribution in [0.25, 0.3) is 74.5 Å². The first-order chi connectivity index (χ1) is 66.7. The summed E-state index contributed by atoms with van der Waals surface area (Å²) in [6.45, 7) is 29.8. The van der Waals surface area contributed by atoms with Crippen LogP contribution in [-0.2, 0) is 23.8 Å². The lowest BCUT2D eigenvalue weighted by molar-refractivity contribution is -0.106. The molecule has 35 heteroatoms. The summed E-state index contributed by atoms with van der Waals surface area (Å²) in [6.07, 6.45) is 13.5. The SMILES string of the molecule is CC(=O)c1ccc(Oc2ccccc2)cc1.CC(C)(C)OC(=O)N1CCCC(OS(C)(=O)=O)C1.N.N=CN.NC=O.Nc1ncnc2[nH]cc(-c3ccc(Oc4ccccc4)cc3)c12.Nc1ncnc2c1c(-c1ccc(Oc3ccccc3)cc1)cn2C1CCCNC1.[C-]#[N+]/C(C#N)=C(/Br)c1ccc(Oc2ccccc2)cc1.[C-]#[N+]CC#N.[C-]#[N+]c1c(-c2ccc(Oc3ccccc3)cc2)c[nH]c1N. The summed E-state index contributed by atoms with van der Waals surface area (Å²) in [5, 5.41) is 27.5. The Morgan fingerprint density at radius 1 is 0.576 bits per heavy atom. The topological polar surface area (TPSA) is 503 Å². The number of nitrogen functional groups attached to an aromatic ring is 3. The molecule has 0 spiro atoms. The Kier molecular flexibility index (Phi) is 42.5. The largest absolute Gasteiger partial charge is 0.457 e. The molecule has 2 fully saturated rings. The highest BCUT2D eigenvalue weighted by Crippen LogP contribution is 2.40. The highest BCUT2D eigenvalue weighted by molar-refractivity contribution is 9.15. The molecule has 7 heterocycles. The molecule has 710 valence electrons. The first-order valence-electron chi connectivity index (χ1n) is 42.7. The fourth-order valence-corrected chi connectivity index (χ4v) is 14.5. The van der Waals surface area contributed by atoms with Crippen molar-refractivity contribution in [2.24, 2.45) is 11.5 Å². The number of carbonyl (C=O) groups is 3. The van der Waals surface area contributed by atoms with Gasteiger partial charge in [-0.25, -0.2) is 46.3 Å². The number of Topliss-reactive ketones (excluding diaryl/α,β-unsaturated/α-hetero) is 1. The number of amides is 2. The Bertz CT molecular complexity index is 6770. The number of hydrogen-bond acceptors (Lipinski definition) is 24. The Labute approximate surface area is 814 Å². The molecule has 2 amide bonds. The van der Waals surface area contributed by atoms with Gasteiger partial charge in [-0.05, 0) is 222 Å². The molecule has 2 saturated heterocycles. The standard InChI is InChI=1S/C23H23N5O.C18H14N4O.C17H13N3O.C16H9BrN2O.C14H12O2.C11H21NO5S.C3H2N2.CH4N2.CH3NO.H3N/c24-22-21-20(14-28(23(21)27-15-26-22)17-5-4-12-25-13-17)16-8-10-19(11-9-16)29-18-6-2-1-3-7-18;19-17-16-15(10-20-18(16)22-11-21-17)12-6-8-14(9-7-12)23-13-4-2-1-3-5-13;1-19-16-15(11-20-17(16)18)12-7-9-14(10-8-12)21-13-5-3-2-4-6-13;1-19-15(11-18)16(17)12-7-9-14(10-8-12)20-13-5-3-2-4-6-13;1-11(15)12-7-9-14(10-8-12)16-13-5-3-2-4-6-13;1-11(2,3)16-10(13)12-7-5-6-9(8-12)17-18(4,14)15;1-5-3-2-4;2*2-1-3;/h1-3,6-11,14-15,17,25H,4-5,12-13H2,(H2,24,26,27);1-11H,(H3,19,20,21,22);2-11,20H,18H2;2-10H;2-10H,1H3;9H,5-8H2,1-4H3;3H2;1H,(H3,2,3);1H,(H2,2,3);1H3/b;;;16-15+;;;;;;. The number of H-pyrrole nitrogens is 2. The number of fused-ring (bicyclic) bond motifs is 2. The van der Waals surface area contributed by atoms with Crippen molar-refractivity contribution in [3.8, 4) is 103 Å². The van der Waals surface area contributed by atoms with Crippen LogP contribution in [0.3, 0.4) is 0 Å². The van der Waals surface area contributed by atoms with E-state index in [9.17, 15) is 18.0 Å². The van der Waals surface area contributed by atoms with Crippen molar-refractivity contribution in [1.29, 1.82) is 15.9 Å². The van der Waals surface area contributed by atoms with E-state index in [0.29, 0.717) is 64.4 Å². The smallest absolute Gasteiger partial charge is 0.410 e. The van der Waals surface area contributed by atoms with E-state index >= 15 is 0 Å². The number of carbonyl (C=O) groups excluding carboxylic acids is 3. The number of nitrogens with one attached hydrogen (secondary N) is 4. The molecule has 139 heavy (non-hydrogen) atoms. The van der Waals surface area contributed by atoms with E-state index in [4.69, 9.17) is 90.2 Å². The van der Waals surface area contributed by atoms with Gasteiger partial charge in [0, 0.05) is 58.3 Å². The van der Waals surface area contributed by atoms with Crippen LogP contribution in [0.4, 0.5) is 27.9 Å². The number of benzene rings is 10. The van der Waals surface area contributed by atoms with Crippen LogP contribution in [0, 0.1) is 47.8 Å². The first kappa shape index (κ1) is 107. The Morgan fingerprint density at radius 2 is 0.978 bits per heavy atom. The number of nitriles is 2. The third-order valence-corrected chi connectivity index (χ3v) is 20.9. The molecule has 17 rings (SSSR count). The van der Waals surface area contributed by atoms with Crippen molar-refractivity contribution in [3.63, 3.8) is 0 Å². The third-order valence-electron chi connectivity index (χ3n) is 19.5. The number of ketones is 1. The number of anilines is 3. The molecule has 0 aliphatic carbocycles. The summed E-state index contributed by atoms with van der Waals surface area (Å²) < 4.78 is 63.7. The number of para-hydroxylation sites is 5. The second kappa shape index (κ2) is 55.2. The Hall–Kier alpha value is -17.5. The van der Waals surface area contributed by atoms with Crippen LogP contribution in [0.1, 0.15) is 75.3 Å². The molecule has 0 saturated carbocycles. The number of nitrogens with zero attached hydrogens (tertiary/aromatic N) is 11. The van der Waals surface area contributed by atoms with Gasteiger partial charge in [0.1, 0.15) is 111 Å². The second-order valence-electron chi connectivity index (χ2n) is 30.6. The lowest BCUT2D eigenvalue weighted by Crippen LogP contribution is -2.45. The number of rotatable bonds is 18. The molecule has 2 unspecified atom stereocenters. The van der Waals surface area contributed by atoms with Gasteiger partial charge < -0.3 is 92.8 Å². The van der Waals surface area contributed by atoms with E-state index < -0.39 is 27.9 Å². The number of aromatic amines is 2. The normalized spacial score (nSPS) is 12.7. The highest BCUT2D eigenvalue weighted by Gasteiger charge is 2.30. The minimum atomic E-state index is -3.49. The van der Waals surface area contributed by atoms with Crippen LogP contribution in [0.15, 0.2) is 310 Å². The van der Waals surface area contributed by atoms with Crippen molar-refractivity contribution in [2.45, 2.75) is 71.1 Å². The van der Waals surface area contributed by atoms with E-state index in [2.05, 4.69) is 100 Å². The van der Waals surface area contributed by atoms with Gasteiger partial charge in [-0.1, -0.05) is 155 Å². The van der Waals surface area contributed by atoms with E-state index in [1.165, 1.54) is 11.2 Å². The van der Waals surface area contributed by atoms with Crippen molar-refractivity contribution < 1.29 is 55.4 Å². The minimum absolute atomic E-state index is 0. The zero-order valence-electron chi connectivity index (χ0n) is 76.7. The maximum atomic E-state index is 11.8. The number of halogens is 1. The average molecular weight is 1950 g/mol. The molecule has 10 aromatic carbocycles. The summed E-state index contributed by atoms with van der Waals surface area (Å²) >= 11 is 3.27. The number of allylic oxidation sites excluding steroid dienone is 1. The molecular weight excluding hydrogens is 1850 g/mol. The zero-order valence-corrected chi connectivity index (χ0v) is 79.1. The lowest BCUT2D eigenvalue weighted by atomic mass is 10.1. The van der Waals surface area contributed by atoms with Gasteiger partial charge in [-0.15, -0.1) is 0 Å². The van der Waals surface area contributed by atoms with Crippen molar-refractivity contribution in [3.05, 3.63) is 355 Å². The number of primary amides is 1. The molecule has 33 nitrogen and oxygen atoms in total. The zero-order chi connectivity index (χ0) is 99.2. The van der Waals surface area contributed by atoms with Gasteiger partial charge in [-0.3, -0.25) is 19.2 Å². The van der Waals surface area contributed by atoms with Crippen molar-refractivity contribution >= 4 is 100 Å². The average Bonchev–Trinajstić information content (AvgIpc) is 1.61. The van der Waals surface area contributed by atoms with Crippen LogP contribution >= 0.6 is 15.9 Å². The monoisotopic (exact) mass is 1950 g/mol. The lowest BCUT2D eigenvalue weighted by Gasteiger charge is -2.33. The van der Waals surface area contributed by atoms with Crippen LogP contribution < -0.4 is 63.8 Å². The first-order valence-corrected chi connectivity index (χ1v) is 45.3. The summed E-state index contributed by atoms with van der Waals surface area (Å²) in [7, 11) is -3.49. The molecule has 0 bridgehead atoms. The summed E-state index contributed by atoms with van der Waals surface area (Å²) in [5.74, 6) is 9.15. The summed E-state index contributed by atoms with van der Waals surface area (Å²) in [4.78, 5) is 65.4. The quantitative estimate of drug-likeness (QED) is 0.00557. The van der Waals surface area contributed by atoms with Gasteiger partial charge in [0.15, 0.2) is 5.78 Å². The molecule has 2 aliphatic rings. The van der Waals surface area contributed by atoms with E-state index in [0.717, 1.165) is 151 Å². The number of piperidine rings is 2. The second-order valence-corrected chi connectivity index (χ2v) is 33.0. The van der Waals surface area contributed by atoms with E-state index in [1.54, 1.807) is 94.8 Å². The maximum absolute atomic E-state index is 11.8. The van der Waals surface area contributed by atoms with Crippen molar-refractivity contribution in [2.75, 3.05) is 56.2 Å². The van der Waals surface area contributed by atoms with E-state index in [1.807, 2.05) is 225 Å². The predicted octanol–water partition coefficient (Wildman–Crippen LogP) is 22.3. The van der Waals surface area contributed by atoms with E-state index in [-0.39, 0.29) is 37.1 Å². The fourth-order valence-electron chi connectivity index (χ4n) is 13.4. The number of hydrogen-bond donors (Lipinski definition) is 10. The molecular formula is C104H104BrN21O12S. The highest BCUT2D eigenvalue weighted by atomic mass is 79.9. The molecule has 5 aromatic heterocycles. The number of aromatic nitrogens is 7. The maximum Gasteiger partial charge on any atom is 0.410 e. The summed E-state index contributed by atoms with van der Waals surface area (Å²) in [6, 6.07) is 89.8. The molecule has 2 atom stereocenters. The number of likely N-dealkylation sites (tertiary alicyclic amines) is 1. The molecule has 2 aliphatic heterocycles. The fraction of sp³-hybridized carbons (Fsp3) is 0.163. The summed E-state index contributed by atoms with van der Waals surface area (Å²) in [5.41, 5.74) is 35.4. The Morgan fingerprint density at radius 3 is 1.36 bits per heavy atom. The van der Waals surface area contributed by atoms with Crippen molar-refractivity contribution in [1.82, 2.24) is 50.8 Å². The minimum Gasteiger partial charge on any atom is -0.457 e. The predicted molar refractivity (Wildman–Crippen MR) is 545 cm³/mol. The van der Waals surface area contributed by atoms with Gasteiger partial charge in [0.2, 0.25) is 12.1 Å². The van der Waals surface area contributed by atoms with Gasteiger partial charge >= 0.3 is 6.09 Å². The number of ether oxygens (including phenoxy) is 6. The van der Waals surface area contributed by atoms with Gasteiger partial charge in [-0.2, -0.15) is 13.7 Å². The molecule has 15 aromatic rings. The molecule has 0 radical (unpaired) electrons. The Balaban J connectivity index is 0.000000201. The van der Waals surface area contributed by atoms with Gasteiger partial charge in [0.25, 0.3) is 22.4 Å². The molecule has 17 N–H and O–H groups in total. The van der Waals surface area contributed by atoms with Crippen LogP contribution in [0.5, 0.6) is 57.5 Å². The number of nitrogens with two attached hydrogens (primary N) is 5. The van der Waals surface area contributed by atoms with Crippen LogP contribution in [0.2, 0.25) is 0 Å². The van der Waals surface area contributed by atoms with Gasteiger partial charge in [0.05, 0.1) is 55.2 Å². The van der Waals surface area contributed by atoms with Crippen LogP contribution in [-0.4, -0.2) is 123 Å². The third kappa shape index (κ3) is 34.2.